The quantitative estimate of drug-likeness (QED) is 0.163. The average molecular weight is 503 g/mol. The number of anilines is 1. The van der Waals surface area contributed by atoms with Gasteiger partial charge in [-0.05, 0) is 54.1 Å². The summed E-state index contributed by atoms with van der Waals surface area (Å²) in [5, 5.41) is 12.2. The van der Waals surface area contributed by atoms with Crippen molar-refractivity contribution >= 4 is 75.0 Å². The predicted octanol–water partition coefficient (Wildman–Crippen LogP) is 6.94. The van der Waals surface area contributed by atoms with E-state index in [4.69, 9.17) is 23.8 Å². The molecule has 32 heavy (non-hydrogen) atoms. The molecule has 0 spiro atoms. The molecule has 1 aliphatic heterocycles. The van der Waals surface area contributed by atoms with Gasteiger partial charge in [-0.3, -0.25) is 19.8 Å². The molecule has 0 aromatic heterocycles. The second-order valence-corrected chi connectivity index (χ2v) is 9.74. The number of rotatable bonds is 5. The standard InChI is InChI=1S/C22H12ClFN2O3S3/c23-14-6-8-15(9-7-14)31-19-10-5-13(11-18(19)26(28)29)12-20-21(27)25(22(30)32-20)17-4-2-1-3-16(17)24/h1-12H/b20-12+. The Morgan fingerprint density at radius 2 is 1.84 bits per heavy atom. The van der Waals surface area contributed by atoms with E-state index in [0.29, 0.717) is 15.5 Å². The molecule has 1 heterocycles. The van der Waals surface area contributed by atoms with Gasteiger partial charge in [-0.2, -0.15) is 0 Å². The van der Waals surface area contributed by atoms with Gasteiger partial charge in [-0.1, -0.05) is 65.5 Å². The molecule has 1 amide bonds. The molecule has 1 fully saturated rings. The fourth-order valence-corrected chi connectivity index (χ4v) is 5.25. The van der Waals surface area contributed by atoms with Crippen molar-refractivity contribution in [3.63, 3.8) is 0 Å². The second kappa shape index (κ2) is 9.41. The Labute approximate surface area is 201 Å². The summed E-state index contributed by atoms with van der Waals surface area (Å²) in [5.74, 6) is -1.04. The summed E-state index contributed by atoms with van der Waals surface area (Å²) in [6.45, 7) is 0. The molecule has 0 N–H and O–H groups in total. The van der Waals surface area contributed by atoms with Gasteiger partial charge in [-0.15, -0.1) is 0 Å². The molecule has 0 unspecified atom stereocenters. The molecule has 0 aliphatic carbocycles. The van der Waals surface area contributed by atoms with Crippen LogP contribution >= 0.6 is 47.3 Å². The fourth-order valence-electron chi connectivity index (χ4n) is 2.94. The molecule has 1 saturated heterocycles. The molecular formula is C22H12ClFN2O3S3. The number of amides is 1. The molecule has 3 aromatic rings. The first kappa shape index (κ1) is 22.5. The highest BCUT2D eigenvalue weighted by atomic mass is 35.5. The van der Waals surface area contributed by atoms with Crippen LogP contribution in [0.1, 0.15) is 5.56 Å². The van der Waals surface area contributed by atoms with E-state index < -0.39 is 16.6 Å². The number of hydrogen-bond donors (Lipinski definition) is 0. The number of benzene rings is 3. The molecule has 0 radical (unpaired) electrons. The van der Waals surface area contributed by atoms with Crippen LogP contribution in [0.4, 0.5) is 15.8 Å². The Bertz CT molecular complexity index is 1280. The van der Waals surface area contributed by atoms with E-state index in [1.807, 2.05) is 0 Å². The average Bonchev–Trinajstić information content (AvgIpc) is 3.04. The fraction of sp³-hybridized carbons (Fsp3) is 0. The molecular weight excluding hydrogens is 491 g/mol. The van der Waals surface area contributed by atoms with Crippen molar-refractivity contribution in [2.45, 2.75) is 9.79 Å². The number of thiocarbonyl (C=S) groups is 1. The number of carbonyl (C=O) groups is 1. The predicted molar refractivity (Wildman–Crippen MR) is 131 cm³/mol. The molecule has 0 bridgehead atoms. The van der Waals surface area contributed by atoms with Crippen LogP contribution in [0.15, 0.2) is 81.4 Å². The molecule has 10 heteroatoms. The number of carbonyl (C=O) groups excluding carboxylic acids is 1. The van der Waals surface area contributed by atoms with Crippen LogP contribution in [0, 0.1) is 15.9 Å². The summed E-state index contributed by atoms with van der Waals surface area (Å²) in [4.78, 5) is 26.7. The van der Waals surface area contributed by atoms with Gasteiger partial charge in [0.1, 0.15) is 5.82 Å². The van der Waals surface area contributed by atoms with E-state index in [1.54, 1.807) is 42.5 Å². The summed E-state index contributed by atoms with van der Waals surface area (Å²) >= 11 is 13.4. The van der Waals surface area contributed by atoms with E-state index in [2.05, 4.69) is 0 Å². The maximum absolute atomic E-state index is 14.2. The Balaban J connectivity index is 1.64. The van der Waals surface area contributed by atoms with Gasteiger partial charge in [0.2, 0.25) is 0 Å². The minimum absolute atomic E-state index is 0.0686. The highest BCUT2D eigenvalue weighted by Crippen LogP contribution is 2.39. The van der Waals surface area contributed by atoms with Crippen LogP contribution in [-0.4, -0.2) is 15.2 Å². The zero-order valence-electron chi connectivity index (χ0n) is 16.0. The van der Waals surface area contributed by atoms with Crippen molar-refractivity contribution in [2.24, 2.45) is 0 Å². The molecule has 160 valence electrons. The van der Waals surface area contributed by atoms with Crippen molar-refractivity contribution in [1.82, 2.24) is 0 Å². The number of para-hydroxylation sites is 1. The van der Waals surface area contributed by atoms with Gasteiger partial charge < -0.3 is 0 Å². The SMILES string of the molecule is O=C1/C(=C\c2ccc(Sc3ccc(Cl)cc3)c([N+](=O)[O-])c2)SC(=S)N1c1ccccc1F. The number of nitro groups is 1. The van der Waals surface area contributed by atoms with Crippen LogP contribution in [0.25, 0.3) is 6.08 Å². The highest BCUT2D eigenvalue weighted by Gasteiger charge is 2.34. The Morgan fingerprint density at radius 1 is 1.12 bits per heavy atom. The maximum atomic E-state index is 14.2. The van der Waals surface area contributed by atoms with Crippen LogP contribution in [0.5, 0.6) is 0 Å². The number of halogens is 2. The van der Waals surface area contributed by atoms with Crippen molar-refractivity contribution in [1.29, 1.82) is 0 Å². The summed E-state index contributed by atoms with van der Waals surface area (Å²) in [6, 6.07) is 17.5. The van der Waals surface area contributed by atoms with Gasteiger partial charge in [0.25, 0.3) is 11.6 Å². The van der Waals surface area contributed by atoms with Gasteiger partial charge in [0, 0.05) is 16.0 Å². The largest absolute Gasteiger partial charge is 0.283 e. The first-order valence-corrected chi connectivity index (χ1v) is 11.5. The second-order valence-electron chi connectivity index (χ2n) is 6.51. The first-order valence-electron chi connectivity index (χ1n) is 9.08. The number of thioether (sulfide) groups is 1. The third-order valence-electron chi connectivity index (χ3n) is 4.41. The van der Waals surface area contributed by atoms with Crippen LogP contribution < -0.4 is 4.90 Å². The zero-order chi connectivity index (χ0) is 22.8. The van der Waals surface area contributed by atoms with Crippen LogP contribution in [-0.2, 0) is 4.79 Å². The van der Waals surface area contributed by atoms with Gasteiger partial charge in [-0.25, -0.2) is 4.39 Å². The molecule has 1 aliphatic rings. The van der Waals surface area contributed by atoms with E-state index in [9.17, 15) is 19.3 Å². The molecule has 0 atom stereocenters. The van der Waals surface area contributed by atoms with Crippen LogP contribution in [0.2, 0.25) is 5.02 Å². The summed E-state index contributed by atoms with van der Waals surface area (Å²) in [7, 11) is 0. The molecule has 4 rings (SSSR count). The summed E-state index contributed by atoms with van der Waals surface area (Å²) in [6.07, 6.45) is 1.52. The van der Waals surface area contributed by atoms with E-state index >= 15 is 0 Å². The minimum Gasteiger partial charge on any atom is -0.268 e. The first-order chi connectivity index (χ1) is 15.3. The van der Waals surface area contributed by atoms with E-state index in [0.717, 1.165) is 21.6 Å². The van der Waals surface area contributed by atoms with Gasteiger partial charge >= 0.3 is 0 Å². The van der Waals surface area contributed by atoms with Crippen molar-refractivity contribution < 1.29 is 14.1 Å². The number of nitro benzene ring substituents is 1. The van der Waals surface area contributed by atoms with Crippen LogP contribution in [0.3, 0.4) is 0 Å². The maximum Gasteiger partial charge on any atom is 0.283 e. The Hall–Kier alpha value is -2.72. The lowest BCUT2D eigenvalue weighted by molar-refractivity contribution is -0.387. The van der Waals surface area contributed by atoms with Crippen molar-refractivity contribution in [3.8, 4) is 0 Å². The molecule has 3 aromatic carbocycles. The van der Waals surface area contributed by atoms with Gasteiger partial charge in [0.05, 0.1) is 20.4 Å². The van der Waals surface area contributed by atoms with E-state index in [-0.39, 0.29) is 20.6 Å². The lowest BCUT2D eigenvalue weighted by atomic mass is 10.2. The Morgan fingerprint density at radius 3 is 2.53 bits per heavy atom. The summed E-state index contributed by atoms with van der Waals surface area (Å²) in [5.41, 5.74) is 0.438. The third kappa shape index (κ3) is 4.71. The lowest BCUT2D eigenvalue weighted by Crippen LogP contribution is -2.28. The van der Waals surface area contributed by atoms with Gasteiger partial charge in [0.15, 0.2) is 4.32 Å². The third-order valence-corrected chi connectivity index (χ3v) is 7.03. The number of hydrogen-bond acceptors (Lipinski definition) is 6. The zero-order valence-corrected chi connectivity index (χ0v) is 19.2. The topological polar surface area (TPSA) is 63.4 Å². The van der Waals surface area contributed by atoms with Crippen molar-refractivity contribution in [3.05, 3.63) is 98.2 Å². The molecule has 0 saturated carbocycles. The van der Waals surface area contributed by atoms with Crippen molar-refractivity contribution in [2.75, 3.05) is 4.90 Å². The Kier molecular flexibility index (Phi) is 6.61. The highest BCUT2D eigenvalue weighted by molar-refractivity contribution is 8.27. The lowest BCUT2D eigenvalue weighted by Gasteiger charge is -2.14. The normalized spacial score (nSPS) is 14.9. The minimum atomic E-state index is -0.565. The molecule has 5 nitrogen and oxygen atoms in total. The van der Waals surface area contributed by atoms with E-state index in [1.165, 1.54) is 42.1 Å². The summed E-state index contributed by atoms with van der Waals surface area (Å²) < 4.78 is 14.4. The smallest absolute Gasteiger partial charge is 0.268 e. The number of nitrogens with zero attached hydrogens (tertiary/aromatic N) is 2. The monoisotopic (exact) mass is 502 g/mol.